The molecule has 0 unspecified atom stereocenters. The molecule has 0 saturated heterocycles. The fourth-order valence-electron chi connectivity index (χ4n) is 5.11. The number of benzene rings is 3. The molecule has 3 heteroatoms. The highest BCUT2D eigenvalue weighted by Gasteiger charge is 2.17. The average molecular weight is 438 g/mol. The molecule has 2 heterocycles. The van der Waals surface area contributed by atoms with Crippen molar-refractivity contribution in [2.75, 3.05) is 0 Å². The minimum absolute atomic E-state index is 0.204. The lowest BCUT2D eigenvalue weighted by Crippen LogP contribution is -2.04. The Kier molecular flexibility index (Phi) is 4.99. The van der Waals surface area contributed by atoms with Gasteiger partial charge in [0.15, 0.2) is 0 Å². The van der Waals surface area contributed by atoms with Crippen LogP contribution in [0.5, 0.6) is 0 Å². The SMILES string of the molecule is Fc1ccc(-c2ccc3c(c2)sc2c(-c4cc(C5CCCCC5)ccn4)cccc23)cc1. The highest BCUT2D eigenvalue weighted by Crippen LogP contribution is 2.41. The number of hydrogen-bond donors (Lipinski definition) is 0. The van der Waals surface area contributed by atoms with Gasteiger partial charge >= 0.3 is 0 Å². The van der Waals surface area contributed by atoms with Crippen LogP contribution < -0.4 is 0 Å². The Bertz CT molecular complexity index is 1410. The van der Waals surface area contributed by atoms with E-state index in [1.807, 2.05) is 29.7 Å². The van der Waals surface area contributed by atoms with Gasteiger partial charge in [0.25, 0.3) is 0 Å². The smallest absolute Gasteiger partial charge is 0.123 e. The van der Waals surface area contributed by atoms with Crippen LogP contribution in [0.15, 0.2) is 79.0 Å². The molecule has 3 aromatic carbocycles. The fraction of sp³-hybridized carbons (Fsp3) is 0.207. The molecule has 32 heavy (non-hydrogen) atoms. The van der Waals surface area contributed by atoms with Crippen LogP contribution in [-0.2, 0) is 0 Å². The van der Waals surface area contributed by atoms with Crippen LogP contribution in [-0.4, -0.2) is 4.98 Å². The monoisotopic (exact) mass is 437 g/mol. The summed E-state index contributed by atoms with van der Waals surface area (Å²) in [4.78, 5) is 4.77. The van der Waals surface area contributed by atoms with Crippen molar-refractivity contribution in [3.63, 3.8) is 0 Å². The molecule has 6 rings (SSSR count). The molecule has 0 radical (unpaired) electrons. The third-order valence-corrected chi connectivity index (χ3v) is 8.01. The van der Waals surface area contributed by atoms with Gasteiger partial charge in [0.05, 0.1) is 5.69 Å². The molecular weight excluding hydrogens is 413 g/mol. The molecule has 1 saturated carbocycles. The van der Waals surface area contributed by atoms with Gasteiger partial charge in [0.2, 0.25) is 0 Å². The van der Waals surface area contributed by atoms with Crippen LogP contribution in [0.1, 0.15) is 43.6 Å². The van der Waals surface area contributed by atoms with E-state index >= 15 is 0 Å². The fourth-order valence-corrected chi connectivity index (χ4v) is 6.37. The summed E-state index contributed by atoms with van der Waals surface area (Å²) < 4.78 is 15.9. The maximum absolute atomic E-state index is 13.3. The molecule has 0 aliphatic heterocycles. The van der Waals surface area contributed by atoms with E-state index in [-0.39, 0.29) is 5.82 Å². The molecule has 1 nitrogen and oxygen atoms in total. The van der Waals surface area contributed by atoms with Crippen LogP contribution in [0.3, 0.4) is 0 Å². The molecule has 0 bridgehead atoms. The number of fused-ring (bicyclic) bond motifs is 3. The van der Waals surface area contributed by atoms with Gasteiger partial charge in [-0.05, 0) is 65.8 Å². The number of aromatic nitrogens is 1. The maximum Gasteiger partial charge on any atom is 0.123 e. The Labute approximate surface area is 191 Å². The van der Waals surface area contributed by atoms with Gasteiger partial charge < -0.3 is 0 Å². The van der Waals surface area contributed by atoms with Crippen molar-refractivity contribution in [3.05, 3.63) is 90.4 Å². The molecule has 158 valence electrons. The first-order valence-electron chi connectivity index (χ1n) is 11.4. The predicted molar refractivity (Wildman–Crippen MR) is 134 cm³/mol. The van der Waals surface area contributed by atoms with Crippen molar-refractivity contribution in [2.24, 2.45) is 0 Å². The van der Waals surface area contributed by atoms with E-state index < -0.39 is 0 Å². The summed E-state index contributed by atoms with van der Waals surface area (Å²) in [6, 6.07) is 24.4. The maximum atomic E-state index is 13.3. The van der Waals surface area contributed by atoms with Crippen molar-refractivity contribution in [3.8, 4) is 22.4 Å². The Balaban J connectivity index is 1.45. The predicted octanol–water partition coefficient (Wildman–Crippen LogP) is 8.97. The normalized spacial score (nSPS) is 14.9. The molecule has 0 amide bonds. The number of nitrogens with zero attached hydrogens (tertiary/aromatic N) is 1. The van der Waals surface area contributed by atoms with E-state index in [1.165, 1.54) is 75.5 Å². The molecule has 0 spiro atoms. The van der Waals surface area contributed by atoms with E-state index in [0.717, 1.165) is 16.8 Å². The molecule has 1 aliphatic rings. The minimum Gasteiger partial charge on any atom is -0.256 e. The zero-order valence-electron chi connectivity index (χ0n) is 17.9. The Hall–Kier alpha value is -3.04. The first-order valence-corrected chi connectivity index (χ1v) is 12.3. The van der Waals surface area contributed by atoms with Crippen LogP contribution in [0.4, 0.5) is 4.39 Å². The van der Waals surface area contributed by atoms with Crippen molar-refractivity contribution < 1.29 is 4.39 Å². The summed E-state index contributed by atoms with van der Waals surface area (Å²) in [5, 5.41) is 2.54. The summed E-state index contributed by atoms with van der Waals surface area (Å²) in [5.74, 6) is 0.467. The van der Waals surface area contributed by atoms with Gasteiger partial charge in [0, 0.05) is 31.9 Å². The van der Waals surface area contributed by atoms with Gasteiger partial charge in [-0.3, -0.25) is 4.98 Å². The third kappa shape index (κ3) is 3.51. The third-order valence-electron chi connectivity index (χ3n) is 6.81. The number of thiophene rings is 1. The summed E-state index contributed by atoms with van der Waals surface area (Å²) >= 11 is 1.82. The minimum atomic E-state index is -0.204. The Morgan fingerprint density at radius 1 is 0.781 bits per heavy atom. The lowest BCUT2D eigenvalue weighted by atomic mass is 9.84. The first-order chi connectivity index (χ1) is 15.8. The second kappa shape index (κ2) is 8.14. The van der Waals surface area contributed by atoms with E-state index in [0.29, 0.717) is 5.92 Å². The quantitative estimate of drug-likeness (QED) is 0.274. The zero-order chi connectivity index (χ0) is 21.5. The molecule has 0 atom stereocenters. The molecule has 5 aromatic rings. The van der Waals surface area contributed by atoms with Gasteiger partial charge in [-0.2, -0.15) is 0 Å². The first kappa shape index (κ1) is 19.6. The largest absolute Gasteiger partial charge is 0.256 e. The topological polar surface area (TPSA) is 12.9 Å². The molecule has 2 aromatic heterocycles. The van der Waals surface area contributed by atoms with Gasteiger partial charge in [-0.15, -0.1) is 11.3 Å². The van der Waals surface area contributed by atoms with Gasteiger partial charge in [-0.1, -0.05) is 61.7 Å². The number of hydrogen-bond acceptors (Lipinski definition) is 2. The highest BCUT2D eigenvalue weighted by atomic mass is 32.1. The van der Waals surface area contributed by atoms with Crippen LogP contribution in [0.2, 0.25) is 0 Å². The molecule has 0 N–H and O–H groups in total. The van der Waals surface area contributed by atoms with E-state index in [9.17, 15) is 4.39 Å². The summed E-state index contributed by atoms with van der Waals surface area (Å²) in [5.41, 5.74) is 5.87. The molecule has 1 fully saturated rings. The van der Waals surface area contributed by atoms with E-state index in [4.69, 9.17) is 4.98 Å². The number of halogens is 1. The van der Waals surface area contributed by atoms with Crippen molar-refractivity contribution in [1.82, 2.24) is 4.98 Å². The van der Waals surface area contributed by atoms with Crippen molar-refractivity contribution in [1.29, 1.82) is 0 Å². The molecular formula is C29H24FNS. The highest BCUT2D eigenvalue weighted by molar-refractivity contribution is 7.26. The summed E-state index contributed by atoms with van der Waals surface area (Å²) in [6.07, 6.45) is 8.62. The second-order valence-electron chi connectivity index (χ2n) is 8.81. The van der Waals surface area contributed by atoms with E-state index in [1.54, 1.807) is 0 Å². The van der Waals surface area contributed by atoms with Crippen molar-refractivity contribution in [2.45, 2.75) is 38.0 Å². The summed E-state index contributed by atoms with van der Waals surface area (Å²) in [7, 11) is 0. The van der Waals surface area contributed by atoms with E-state index in [2.05, 4.69) is 48.5 Å². The van der Waals surface area contributed by atoms with Gasteiger partial charge in [0.1, 0.15) is 5.82 Å². The van der Waals surface area contributed by atoms with Crippen molar-refractivity contribution >= 4 is 31.5 Å². The summed E-state index contributed by atoms with van der Waals surface area (Å²) in [6.45, 7) is 0. The zero-order valence-corrected chi connectivity index (χ0v) is 18.7. The lowest BCUT2D eigenvalue weighted by Gasteiger charge is -2.22. The number of rotatable bonds is 3. The Morgan fingerprint density at radius 3 is 2.44 bits per heavy atom. The van der Waals surface area contributed by atoms with Crippen LogP contribution in [0.25, 0.3) is 42.6 Å². The molecule has 1 aliphatic carbocycles. The standard InChI is InChI=1S/C29H24FNS/c30-23-12-9-20(10-13-23)21-11-14-24-25-7-4-8-26(29(25)32-28(24)18-21)27-17-22(15-16-31-27)19-5-2-1-3-6-19/h4,7-19H,1-3,5-6H2. The average Bonchev–Trinajstić information content (AvgIpc) is 3.23. The van der Waals surface area contributed by atoms with Crippen LogP contribution >= 0.6 is 11.3 Å². The van der Waals surface area contributed by atoms with Crippen LogP contribution in [0, 0.1) is 5.82 Å². The second-order valence-corrected chi connectivity index (χ2v) is 9.86. The Morgan fingerprint density at radius 2 is 1.59 bits per heavy atom. The number of pyridine rings is 1. The lowest BCUT2D eigenvalue weighted by molar-refractivity contribution is 0.443. The van der Waals surface area contributed by atoms with Gasteiger partial charge in [-0.25, -0.2) is 4.39 Å².